The summed E-state index contributed by atoms with van der Waals surface area (Å²) in [5.74, 6) is 5.56. The van der Waals surface area contributed by atoms with Crippen LogP contribution in [-0.2, 0) is 4.79 Å². The highest BCUT2D eigenvalue weighted by molar-refractivity contribution is 6.32. The maximum absolute atomic E-state index is 11.7. The number of hydrogen-bond donors (Lipinski definition) is 1. The lowest BCUT2D eigenvalue weighted by atomic mass is 10.0. The predicted molar refractivity (Wildman–Crippen MR) is 68.0 cm³/mol. The summed E-state index contributed by atoms with van der Waals surface area (Å²) >= 11 is 6.06. The molecule has 0 saturated heterocycles. The van der Waals surface area contributed by atoms with Crippen molar-refractivity contribution in [2.24, 2.45) is 5.84 Å². The zero-order chi connectivity index (χ0) is 13.0. The molecule has 0 spiro atoms. The Morgan fingerprint density at radius 3 is 2.71 bits per heavy atom. The summed E-state index contributed by atoms with van der Waals surface area (Å²) in [6.07, 6.45) is 0. The SMILES string of the molecule is CCOc1ccc(C(C)C(=O)N(C)N)cc1Cl. The van der Waals surface area contributed by atoms with Gasteiger partial charge in [-0.1, -0.05) is 17.7 Å². The van der Waals surface area contributed by atoms with Gasteiger partial charge in [-0.25, -0.2) is 5.84 Å². The number of rotatable bonds is 4. The van der Waals surface area contributed by atoms with E-state index in [-0.39, 0.29) is 11.8 Å². The van der Waals surface area contributed by atoms with Gasteiger partial charge in [0.25, 0.3) is 0 Å². The molecule has 0 aromatic heterocycles. The third-order valence-electron chi connectivity index (χ3n) is 2.47. The molecule has 0 heterocycles. The normalized spacial score (nSPS) is 12.1. The molecule has 0 aliphatic carbocycles. The highest BCUT2D eigenvalue weighted by Gasteiger charge is 2.18. The molecule has 1 unspecified atom stereocenters. The van der Waals surface area contributed by atoms with Crippen molar-refractivity contribution >= 4 is 17.5 Å². The zero-order valence-electron chi connectivity index (χ0n) is 10.2. The van der Waals surface area contributed by atoms with Crippen LogP contribution in [0.25, 0.3) is 0 Å². The molecule has 1 amide bonds. The van der Waals surface area contributed by atoms with Gasteiger partial charge in [0.2, 0.25) is 5.91 Å². The fraction of sp³-hybridized carbons (Fsp3) is 0.417. The fourth-order valence-corrected chi connectivity index (χ4v) is 1.75. The second-order valence-electron chi connectivity index (χ2n) is 3.79. The minimum absolute atomic E-state index is 0.162. The zero-order valence-corrected chi connectivity index (χ0v) is 11.0. The summed E-state index contributed by atoms with van der Waals surface area (Å²) in [4.78, 5) is 11.7. The first-order valence-corrected chi connectivity index (χ1v) is 5.79. The van der Waals surface area contributed by atoms with Crippen LogP contribution in [0.5, 0.6) is 5.75 Å². The van der Waals surface area contributed by atoms with Gasteiger partial charge in [0.15, 0.2) is 0 Å². The molecule has 1 rings (SSSR count). The van der Waals surface area contributed by atoms with Crippen LogP contribution in [0.2, 0.25) is 5.02 Å². The Bertz CT molecular complexity index is 407. The molecule has 0 fully saturated rings. The van der Waals surface area contributed by atoms with E-state index in [0.717, 1.165) is 10.6 Å². The topological polar surface area (TPSA) is 55.6 Å². The maximum Gasteiger partial charge on any atom is 0.243 e. The number of carbonyl (C=O) groups is 1. The summed E-state index contributed by atoms with van der Waals surface area (Å²) in [5.41, 5.74) is 0.820. The van der Waals surface area contributed by atoms with Crippen LogP contribution in [0.4, 0.5) is 0 Å². The maximum atomic E-state index is 11.7. The lowest BCUT2D eigenvalue weighted by molar-refractivity contribution is -0.131. The molecule has 1 atom stereocenters. The van der Waals surface area contributed by atoms with Gasteiger partial charge in [0.05, 0.1) is 17.5 Å². The van der Waals surface area contributed by atoms with E-state index in [1.807, 2.05) is 13.0 Å². The average molecular weight is 257 g/mol. The van der Waals surface area contributed by atoms with Crippen molar-refractivity contribution in [1.29, 1.82) is 0 Å². The van der Waals surface area contributed by atoms with Gasteiger partial charge < -0.3 is 4.74 Å². The first-order chi connectivity index (χ1) is 7.97. The van der Waals surface area contributed by atoms with Crippen LogP contribution in [-0.4, -0.2) is 24.6 Å². The molecule has 0 bridgehead atoms. The molecular formula is C12H17ClN2O2. The molecule has 17 heavy (non-hydrogen) atoms. The van der Waals surface area contributed by atoms with Crippen LogP contribution in [0.3, 0.4) is 0 Å². The Balaban J connectivity index is 2.93. The molecule has 0 saturated carbocycles. The van der Waals surface area contributed by atoms with Gasteiger partial charge in [-0.05, 0) is 31.5 Å². The van der Waals surface area contributed by atoms with Crippen LogP contribution in [0.1, 0.15) is 25.3 Å². The minimum Gasteiger partial charge on any atom is -0.492 e. The van der Waals surface area contributed by atoms with E-state index in [1.54, 1.807) is 19.1 Å². The Hall–Kier alpha value is -1.26. The summed E-state index contributed by atoms with van der Waals surface area (Å²) < 4.78 is 5.33. The highest BCUT2D eigenvalue weighted by atomic mass is 35.5. The average Bonchev–Trinajstić information content (AvgIpc) is 2.30. The number of nitrogens with zero attached hydrogens (tertiary/aromatic N) is 1. The third kappa shape index (κ3) is 3.35. The smallest absolute Gasteiger partial charge is 0.243 e. The minimum atomic E-state index is -0.321. The Morgan fingerprint density at radius 2 is 2.24 bits per heavy atom. The molecule has 0 aliphatic heterocycles. The van der Waals surface area contributed by atoms with Crippen LogP contribution in [0, 0.1) is 0 Å². The van der Waals surface area contributed by atoms with E-state index in [4.69, 9.17) is 22.2 Å². The molecule has 0 aliphatic rings. The summed E-state index contributed by atoms with van der Waals surface area (Å²) in [6.45, 7) is 4.23. The quantitative estimate of drug-likeness (QED) is 0.510. The lowest BCUT2D eigenvalue weighted by Crippen LogP contribution is -2.36. The Kier molecular flexibility index (Phi) is 4.78. The molecule has 4 nitrogen and oxygen atoms in total. The lowest BCUT2D eigenvalue weighted by Gasteiger charge is -2.17. The van der Waals surface area contributed by atoms with E-state index in [9.17, 15) is 4.79 Å². The number of hydrogen-bond acceptors (Lipinski definition) is 3. The van der Waals surface area contributed by atoms with Crippen molar-refractivity contribution in [3.63, 3.8) is 0 Å². The van der Waals surface area contributed by atoms with Gasteiger partial charge in [0, 0.05) is 7.05 Å². The van der Waals surface area contributed by atoms with E-state index < -0.39 is 0 Å². The van der Waals surface area contributed by atoms with E-state index in [0.29, 0.717) is 17.4 Å². The van der Waals surface area contributed by atoms with E-state index in [1.165, 1.54) is 7.05 Å². The van der Waals surface area contributed by atoms with Gasteiger partial charge in [0.1, 0.15) is 5.75 Å². The predicted octanol–water partition coefficient (Wildman–Crippen LogP) is 2.17. The Morgan fingerprint density at radius 1 is 1.59 bits per heavy atom. The van der Waals surface area contributed by atoms with Crippen LogP contribution >= 0.6 is 11.6 Å². The molecule has 2 N–H and O–H groups in total. The van der Waals surface area contributed by atoms with Crippen molar-refractivity contribution in [2.45, 2.75) is 19.8 Å². The van der Waals surface area contributed by atoms with Gasteiger partial charge in [-0.2, -0.15) is 0 Å². The second-order valence-corrected chi connectivity index (χ2v) is 4.20. The first-order valence-electron chi connectivity index (χ1n) is 5.41. The number of benzene rings is 1. The standard InChI is InChI=1S/C12H17ClN2O2/c1-4-17-11-6-5-9(7-10(11)13)8(2)12(16)15(3)14/h5-8H,4,14H2,1-3H3. The van der Waals surface area contributed by atoms with Crippen molar-refractivity contribution < 1.29 is 9.53 Å². The number of carbonyl (C=O) groups excluding carboxylic acids is 1. The van der Waals surface area contributed by atoms with Crippen LogP contribution < -0.4 is 10.6 Å². The van der Waals surface area contributed by atoms with Gasteiger partial charge in [-0.3, -0.25) is 9.80 Å². The molecular weight excluding hydrogens is 240 g/mol. The molecule has 5 heteroatoms. The fourth-order valence-electron chi connectivity index (χ4n) is 1.51. The summed E-state index contributed by atoms with van der Waals surface area (Å²) in [5, 5.41) is 1.58. The highest BCUT2D eigenvalue weighted by Crippen LogP contribution is 2.29. The number of hydrazine groups is 1. The largest absolute Gasteiger partial charge is 0.492 e. The number of likely N-dealkylation sites (N-methyl/N-ethyl adjacent to an activating group) is 1. The molecule has 1 aromatic rings. The number of amides is 1. The summed E-state index contributed by atoms with van der Waals surface area (Å²) in [7, 11) is 1.52. The Labute approximate surface area is 106 Å². The van der Waals surface area contributed by atoms with E-state index in [2.05, 4.69) is 0 Å². The third-order valence-corrected chi connectivity index (χ3v) is 2.77. The molecule has 0 radical (unpaired) electrons. The molecule has 94 valence electrons. The monoisotopic (exact) mass is 256 g/mol. The number of nitrogens with two attached hydrogens (primary N) is 1. The summed E-state index contributed by atoms with van der Waals surface area (Å²) in [6, 6.07) is 5.32. The first kappa shape index (κ1) is 13.8. The molecule has 1 aromatic carbocycles. The van der Waals surface area contributed by atoms with Crippen molar-refractivity contribution in [3.05, 3.63) is 28.8 Å². The van der Waals surface area contributed by atoms with E-state index >= 15 is 0 Å². The van der Waals surface area contributed by atoms with Gasteiger partial charge >= 0.3 is 0 Å². The number of ether oxygens (including phenoxy) is 1. The number of halogens is 1. The second kappa shape index (κ2) is 5.89. The van der Waals surface area contributed by atoms with Crippen molar-refractivity contribution in [1.82, 2.24) is 5.01 Å². The van der Waals surface area contributed by atoms with Gasteiger partial charge in [-0.15, -0.1) is 0 Å². The van der Waals surface area contributed by atoms with Crippen molar-refractivity contribution in [3.8, 4) is 5.75 Å². The van der Waals surface area contributed by atoms with Crippen LogP contribution in [0.15, 0.2) is 18.2 Å². The van der Waals surface area contributed by atoms with Crippen molar-refractivity contribution in [2.75, 3.05) is 13.7 Å².